The highest BCUT2D eigenvalue weighted by Gasteiger charge is 2.23. The van der Waals surface area contributed by atoms with Gasteiger partial charge in [0.2, 0.25) is 0 Å². The molecule has 0 spiro atoms. The predicted octanol–water partition coefficient (Wildman–Crippen LogP) is 3.86. The van der Waals surface area contributed by atoms with E-state index >= 15 is 0 Å². The zero-order chi connectivity index (χ0) is 15.3. The Morgan fingerprint density at radius 1 is 1.10 bits per heavy atom. The minimum absolute atomic E-state index is 0.109. The molecule has 2 rings (SSSR count). The summed E-state index contributed by atoms with van der Waals surface area (Å²) in [6, 6.07) is 8.79. The largest absolute Gasteiger partial charge is 0.306 e. The smallest absolute Gasteiger partial charge is 0.115 e. The van der Waals surface area contributed by atoms with E-state index in [4.69, 9.17) is 0 Å². The first kappa shape index (κ1) is 15.6. The molecule has 1 atom stereocenters. The van der Waals surface area contributed by atoms with Gasteiger partial charge >= 0.3 is 0 Å². The lowest BCUT2D eigenvalue weighted by Gasteiger charge is -2.28. The summed E-state index contributed by atoms with van der Waals surface area (Å²) in [5.41, 5.74) is 3.90. The van der Waals surface area contributed by atoms with Gasteiger partial charge in [-0.15, -0.1) is 0 Å². The first-order valence-electron chi connectivity index (χ1n) is 7.61. The third-order valence-corrected chi connectivity index (χ3v) is 3.59. The lowest BCUT2D eigenvalue weighted by Crippen LogP contribution is -2.27. The fourth-order valence-corrected chi connectivity index (χ4v) is 2.59. The Morgan fingerprint density at radius 2 is 1.76 bits per heavy atom. The zero-order valence-corrected chi connectivity index (χ0v) is 13.4. The molecule has 1 aromatic carbocycles. The molecule has 0 aliphatic carbocycles. The van der Waals surface area contributed by atoms with Crippen molar-refractivity contribution in [2.75, 3.05) is 6.54 Å². The second-order valence-electron chi connectivity index (χ2n) is 6.40. The first-order chi connectivity index (χ1) is 10.0. The number of nitrogens with one attached hydrogen (secondary N) is 1. The zero-order valence-electron chi connectivity index (χ0n) is 13.4. The molecule has 1 N–H and O–H groups in total. The van der Waals surface area contributed by atoms with Gasteiger partial charge in [0, 0.05) is 18.0 Å². The lowest BCUT2D eigenvalue weighted by atomic mass is 9.81. The van der Waals surface area contributed by atoms with E-state index in [-0.39, 0.29) is 11.5 Å². The van der Waals surface area contributed by atoms with Crippen LogP contribution in [0.3, 0.4) is 0 Å². The molecule has 0 radical (unpaired) electrons. The third-order valence-electron chi connectivity index (χ3n) is 3.59. The second kappa shape index (κ2) is 6.81. The summed E-state index contributed by atoms with van der Waals surface area (Å²) in [6.07, 6.45) is 6.48. The molecule has 0 aliphatic rings. The molecule has 0 saturated carbocycles. The number of benzene rings is 1. The number of rotatable bonds is 5. The van der Waals surface area contributed by atoms with Gasteiger partial charge in [-0.25, -0.2) is 9.97 Å². The molecule has 1 unspecified atom stereocenters. The van der Waals surface area contributed by atoms with E-state index in [0.717, 1.165) is 18.5 Å². The molecule has 112 valence electrons. The highest BCUT2D eigenvalue weighted by atomic mass is 14.9. The summed E-state index contributed by atoms with van der Waals surface area (Å²) < 4.78 is 0. The standard InChI is InChI=1S/C18H25N3/c1-5-10-21-17(14-11-19-13-20-12-14)15-8-6-7-9-16(15)18(2,3)4/h6-9,11-13,17,21H,5,10H2,1-4H3. The van der Waals surface area contributed by atoms with Crippen LogP contribution < -0.4 is 5.32 Å². The molecule has 0 fully saturated rings. The van der Waals surface area contributed by atoms with Crippen LogP contribution in [0.5, 0.6) is 0 Å². The van der Waals surface area contributed by atoms with Crippen molar-refractivity contribution in [3.05, 3.63) is 59.7 Å². The van der Waals surface area contributed by atoms with E-state index in [1.54, 1.807) is 6.33 Å². The van der Waals surface area contributed by atoms with E-state index < -0.39 is 0 Å². The molecule has 3 heteroatoms. The minimum atomic E-state index is 0.109. The summed E-state index contributed by atoms with van der Waals surface area (Å²) in [5, 5.41) is 3.63. The van der Waals surface area contributed by atoms with Gasteiger partial charge in [0.05, 0.1) is 6.04 Å². The summed E-state index contributed by atoms with van der Waals surface area (Å²) in [4.78, 5) is 8.36. The number of hydrogen-bond donors (Lipinski definition) is 1. The van der Waals surface area contributed by atoms with Gasteiger partial charge < -0.3 is 5.32 Å². The van der Waals surface area contributed by atoms with E-state index in [1.807, 2.05) is 12.4 Å². The Balaban J connectivity index is 2.47. The topological polar surface area (TPSA) is 37.8 Å². The lowest BCUT2D eigenvalue weighted by molar-refractivity contribution is 0.547. The fraction of sp³-hybridized carbons (Fsp3) is 0.444. The van der Waals surface area contributed by atoms with E-state index in [0.29, 0.717) is 0 Å². The quantitative estimate of drug-likeness (QED) is 0.905. The normalized spacial score (nSPS) is 13.1. The Morgan fingerprint density at radius 3 is 2.38 bits per heavy atom. The maximum atomic E-state index is 4.18. The average molecular weight is 283 g/mol. The fourth-order valence-electron chi connectivity index (χ4n) is 2.59. The minimum Gasteiger partial charge on any atom is -0.306 e. The SMILES string of the molecule is CCCNC(c1cncnc1)c1ccccc1C(C)(C)C. The Kier molecular flexibility index (Phi) is 5.07. The van der Waals surface area contributed by atoms with Gasteiger partial charge in [-0.3, -0.25) is 0 Å². The molecule has 3 nitrogen and oxygen atoms in total. The maximum Gasteiger partial charge on any atom is 0.115 e. The molecule has 0 bridgehead atoms. The number of aromatic nitrogens is 2. The van der Waals surface area contributed by atoms with Gasteiger partial charge in [0.1, 0.15) is 6.33 Å². The molecular weight excluding hydrogens is 258 g/mol. The van der Waals surface area contributed by atoms with Gasteiger partial charge in [0.15, 0.2) is 0 Å². The second-order valence-corrected chi connectivity index (χ2v) is 6.40. The van der Waals surface area contributed by atoms with Gasteiger partial charge in [-0.2, -0.15) is 0 Å². The van der Waals surface area contributed by atoms with Crippen LogP contribution >= 0.6 is 0 Å². The van der Waals surface area contributed by atoms with Crippen LogP contribution in [-0.4, -0.2) is 16.5 Å². The third kappa shape index (κ3) is 3.88. The first-order valence-corrected chi connectivity index (χ1v) is 7.61. The van der Waals surface area contributed by atoms with E-state index in [2.05, 4.69) is 67.2 Å². The molecule has 0 amide bonds. The molecule has 1 aromatic heterocycles. The Bertz CT molecular complexity index is 558. The van der Waals surface area contributed by atoms with Gasteiger partial charge in [-0.05, 0) is 29.5 Å². The van der Waals surface area contributed by atoms with Crippen molar-refractivity contribution in [3.63, 3.8) is 0 Å². The van der Waals surface area contributed by atoms with Crippen molar-refractivity contribution in [3.8, 4) is 0 Å². The molecular formula is C18H25N3. The predicted molar refractivity (Wildman–Crippen MR) is 87.3 cm³/mol. The van der Waals surface area contributed by atoms with Crippen LogP contribution in [0.1, 0.15) is 56.8 Å². The van der Waals surface area contributed by atoms with Crippen LogP contribution in [0, 0.1) is 0 Å². The van der Waals surface area contributed by atoms with Crippen LogP contribution in [-0.2, 0) is 5.41 Å². The van der Waals surface area contributed by atoms with Crippen molar-refractivity contribution < 1.29 is 0 Å². The summed E-state index contributed by atoms with van der Waals surface area (Å²) in [5.74, 6) is 0. The van der Waals surface area contributed by atoms with Crippen molar-refractivity contribution in [1.29, 1.82) is 0 Å². The summed E-state index contributed by atoms with van der Waals surface area (Å²) >= 11 is 0. The summed E-state index contributed by atoms with van der Waals surface area (Å²) in [6.45, 7) is 9.91. The number of nitrogens with zero attached hydrogens (tertiary/aromatic N) is 2. The van der Waals surface area contributed by atoms with Crippen molar-refractivity contribution >= 4 is 0 Å². The van der Waals surface area contributed by atoms with Gasteiger partial charge in [0.25, 0.3) is 0 Å². The van der Waals surface area contributed by atoms with Crippen LogP contribution in [0.15, 0.2) is 43.0 Å². The van der Waals surface area contributed by atoms with Gasteiger partial charge in [-0.1, -0.05) is 52.0 Å². The van der Waals surface area contributed by atoms with Crippen molar-refractivity contribution in [1.82, 2.24) is 15.3 Å². The Hall–Kier alpha value is -1.74. The Labute approximate surface area is 127 Å². The number of hydrogen-bond acceptors (Lipinski definition) is 3. The molecule has 0 saturated heterocycles. The highest BCUT2D eigenvalue weighted by molar-refractivity contribution is 5.39. The molecule has 21 heavy (non-hydrogen) atoms. The highest BCUT2D eigenvalue weighted by Crippen LogP contribution is 2.32. The molecule has 1 heterocycles. The molecule has 0 aliphatic heterocycles. The van der Waals surface area contributed by atoms with Crippen molar-refractivity contribution in [2.24, 2.45) is 0 Å². The van der Waals surface area contributed by atoms with Crippen LogP contribution in [0.2, 0.25) is 0 Å². The molecule has 2 aromatic rings. The van der Waals surface area contributed by atoms with Crippen LogP contribution in [0.25, 0.3) is 0 Å². The maximum absolute atomic E-state index is 4.18. The average Bonchev–Trinajstić information content (AvgIpc) is 2.48. The van der Waals surface area contributed by atoms with E-state index in [9.17, 15) is 0 Å². The van der Waals surface area contributed by atoms with Crippen LogP contribution in [0.4, 0.5) is 0 Å². The van der Waals surface area contributed by atoms with E-state index in [1.165, 1.54) is 11.1 Å². The van der Waals surface area contributed by atoms with Crippen molar-refractivity contribution in [2.45, 2.75) is 45.6 Å². The summed E-state index contributed by atoms with van der Waals surface area (Å²) in [7, 11) is 0. The monoisotopic (exact) mass is 283 g/mol.